The first-order valence-electron chi connectivity index (χ1n) is 7.32. The Hall–Kier alpha value is -2.30. The summed E-state index contributed by atoms with van der Waals surface area (Å²) < 4.78 is 5.98. The van der Waals surface area contributed by atoms with Crippen LogP contribution in [0.3, 0.4) is 0 Å². The normalized spacial score (nSPS) is 12.0. The quantitative estimate of drug-likeness (QED) is 0.697. The van der Waals surface area contributed by atoms with Crippen LogP contribution < -0.4 is 10.5 Å². The molecule has 0 saturated heterocycles. The lowest BCUT2D eigenvalue weighted by Crippen LogP contribution is -2.07. The van der Waals surface area contributed by atoms with Crippen LogP contribution in [0.25, 0.3) is 11.1 Å². The third-order valence-corrected chi connectivity index (χ3v) is 4.25. The van der Waals surface area contributed by atoms with Gasteiger partial charge in [-0.3, -0.25) is 4.98 Å². The maximum Gasteiger partial charge on any atom is 0.166 e. The van der Waals surface area contributed by atoms with Crippen molar-refractivity contribution in [1.29, 1.82) is 0 Å². The molecule has 0 aliphatic heterocycles. The highest BCUT2D eigenvalue weighted by atomic mass is 35.5. The maximum atomic E-state index is 6.24. The molecule has 0 saturated carbocycles. The first-order chi connectivity index (χ1) is 11.6. The first-order valence-corrected chi connectivity index (χ1v) is 8.08. The summed E-state index contributed by atoms with van der Waals surface area (Å²) in [5, 5.41) is 1.09. The van der Waals surface area contributed by atoms with Gasteiger partial charge in [-0.2, -0.15) is 0 Å². The molecule has 2 heterocycles. The van der Waals surface area contributed by atoms with Crippen LogP contribution in [-0.2, 0) is 0 Å². The van der Waals surface area contributed by atoms with Gasteiger partial charge in [0, 0.05) is 45.3 Å². The Balaban J connectivity index is 1.92. The van der Waals surface area contributed by atoms with Crippen molar-refractivity contribution in [3.8, 4) is 16.9 Å². The summed E-state index contributed by atoms with van der Waals surface area (Å²) in [7, 11) is 0. The van der Waals surface area contributed by atoms with Crippen molar-refractivity contribution < 1.29 is 4.74 Å². The molecule has 0 amide bonds. The predicted molar refractivity (Wildman–Crippen MR) is 97.4 cm³/mol. The van der Waals surface area contributed by atoms with E-state index in [1.54, 1.807) is 36.8 Å². The minimum atomic E-state index is -0.376. The van der Waals surface area contributed by atoms with E-state index < -0.39 is 0 Å². The highest BCUT2D eigenvalue weighted by Gasteiger charge is 2.17. The summed E-state index contributed by atoms with van der Waals surface area (Å²) in [5.74, 6) is 0.775. The number of hydrogen-bond acceptors (Lipinski definition) is 4. The predicted octanol–water partition coefficient (Wildman–Crippen LogP) is 5.17. The molecule has 3 aromatic rings. The zero-order valence-corrected chi connectivity index (χ0v) is 14.4. The molecule has 0 fully saturated rings. The van der Waals surface area contributed by atoms with Crippen LogP contribution in [0.1, 0.15) is 18.6 Å². The Kier molecular flexibility index (Phi) is 4.88. The largest absolute Gasteiger partial charge is 0.482 e. The Labute approximate surface area is 150 Å². The molecule has 0 spiro atoms. The Bertz CT molecular complexity index is 836. The number of nitrogens with two attached hydrogens (primary N) is 1. The summed E-state index contributed by atoms with van der Waals surface area (Å²) in [5.41, 5.74) is 8.46. The van der Waals surface area contributed by atoms with Crippen molar-refractivity contribution in [2.24, 2.45) is 0 Å². The minimum Gasteiger partial charge on any atom is -0.482 e. The van der Waals surface area contributed by atoms with E-state index in [-0.39, 0.29) is 6.10 Å². The highest BCUT2D eigenvalue weighted by Crippen LogP contribution is 2.35. The number of benzene rings is 1. The molecular formula is C18H15Cl2N3O. The summed E-state index contributed by atoms with van der Waals surface area (Å²) in [6, 6.07) is 11.0. The molecule has 3 rings (SSSR count). The second-order valence-corrected chi connectivity index (χ2v) is 6.06. The van der Waals surface area contributed by atoms with Crippen molar-refractivity contribution in [2.75, 3.05) is 5.73 Å². The van der Waals surface area contributed by atoms with E-state index in [1.165, 1.54) is 0 Å². The molecule has 6 heteroatoms. The van der Waals surface area contributed by atoms with Gasteiger partial charge in [-0.05, 0) is 31.2 Å². The second-order valence-electron chi connectivity index (χ2n) is 5.24. The number of ether oxygens (including phenoxy) is 1. The highest BCUT2D eigenvalue weighted by molar-refractivity contribution is 6.36. The zero-order valence-electron chi connectivity index (χ0n) is 12.9. The Morgan fingerprint density at radius 2 is 1.79 bits per heavy atom. The Morgan fingerprint density at radius 1 is 1.04 bits per heavy atom. The summed E-state index contributed by atoms with van der Waals surface area (Å²) in [6.07, 6.45) is 4.78. The van der Waals surface area contributed by atoms with Crippen molar-refractivity contribution in [3.63, 3.8) is 0 Å². The van der Waals surface area contributed by atoms with E-state index in [1.807, 2.05) is 25.1 Å². The van der Waals surface area contributed by atoms with Gasteiger partial charge in [0.25, 0.3) is 0 Å². The number of anilines is 1. The number of nitrogens with zero attached hydrogens (tertiary/aromatic N) is 2. The molecule has 0 aliphatic carbocycles. The van der Waals surface area contributed by atoms with Gasteiger partial charge in [-0.15, -0.1) is 0 Å². The van der Waals surface area contributed by atoms with Gasteiger partial charge in [0.15, 0.2) is 11.6 Å². The molecule has 0 aliphatic rings. The van der Waals surface area contributed by atoms with Crippen LogP contribution in [0.15, 0.2) is 55.0 Å². The van der Waals surface area contributed by atoms with Crippen LogP contribution in [-0.4, -0.2) is 9.97 Å². The van der Waals surface area contributed by atoms with E-state index in [4.69, 9.17) is 33.7 Å². The fourth-order valence-electron chi connectivity index (χ4n) is 2.39. The number of halogens is 2. The molecule has 4 nitrogen and oxygen atoms in total. The second kappa shape index (κ2) is 7.07. The maximum absolute atomic E-state index is 6.24. The van der Waals surface area contributed by atoms with Gasteiger partial charge < -0.3 is 10.5 Å². The number of rotatable bonds is 4. The zero-order chi connectivity index (χ0) is 17.1. The summed E-state index contributed by atoms with van der Waals surface area (Å²) >= 11 is 12.5. The van der Waals surface area contributed by atoms with Gasteiger partial charge in [-0.25, -0.2) is 4.98 Å². The van der Waals surface area contributed by atoms with Crippen molar-refractivity contribution >= 4 is 29.0 Å². The van der Waals surface area contributed by atoms with E-state index in [0.717, 1.165) is 11.1 Å². The van der Waals surface area contributed by atoms with Gasteiger partial charge in [-0.1, -0.05) is 35.3 Å². The number of pyridine rings is 2. The average molecular weight is 360 g/mol. The molecule has 24 heavy (non-hydrogen) atoms. The van der Waals surface area contributed by atoms with E-state index >= 15 is 0 Å². The molecule has 2 aromatic heterocycles. The fourth-order valence-corrected chi connectivity index (χ4v) is 3.09. The van der Waals surface area contributed by atoms with Crippen molar-refractivity contribution in [3.05, 3.63) is 70.6 Å². The van der Waals surface area contributed by atoms with Crippen LogP contribution in [0.4, 0.5) is 5.82 Å². The van der Waals surface area contributed by atoms with Gasteiger partial charge in [0.05, 0.1) is 0 Å². The van der Waals surface area contributed by atoms with Gasteiger partial charge in [0.2, 0.25) is 0 Å². The molecule has 1 atom stereocenters. The van der Waals surface area contributed by atoms with Crippen LogP contribution in [0.5, 0.6) is 5.75 Å². The molecule has 1 unspecified atom stereocenters. The van der Waals surface area contributed by atoms with Crippen LogP contribution >= 0.6 is 23.2 Å². The lowest BCUT2D eigenvalue weighted by molar-refractivity contribution is 0.228. The first kappa shape index (κ1) is 16.6. The van der Waals surface area contributed by atoms with Gasteiger partial charge >= 0.3 is 0 Å². The van der Waals surface area contributed by atoms with Crippen LogP contribution in [0.2, 0.25) is 10.0 Å². The molecule has 0 bridgehead atoms. The number of hydrogen-bond donors (Lipinski definition) is 1. The number of nitrogen functional groups attached to an aromatic ring is 1. The van der Waals surface area contributed by atoms with E-state index in [2.05, 4.69) is 9.97 Å². The average Bonchev–Trinajstić information content (AvgIpc) is 2.57. The topological polar surface area (TPSA) is 61.0 Å². The van der Waals surface area contributed by atoms with E-state index in [0.29, 0.717) is 27.2 Å². The molecule has 1 aromatic carbocycles. The van der Waals surface area contributed by atoms with Crippen LogP contribution in [0, 0.1) is 0 Å². The third kappa shape index (κ3) is 3.45. The van der Waals surface area contributed by atoms with Crippen molar-refractivity contribution in [1.82, 2.24) is 9.97 Å². The third-order valence-electron chi connectivity index (χ3n) is 3.59. The lowest BCUT2D eigenvalue weighted by Gasteiger charge is -2.19. The minimum absolute atomic E-state index is 0.303. The fraction of sp³-hybridized carbons (Fsp3) is 0.111. The summed E-state index contributed by atoms with van der Waals surface area (Å²) in [6.45, 7) is 1.86. The lowest BCUT2D eigenvalue weighted by atomic mass is 10.1. The number of aromatic nitrogens is 2. The van der Waals surface area contributed by atoms with E-state index in [9.17, 15) is 0 Å². The van der Waals surface area contributed by atoms with Gasteiger partial charge in [0.1, 0.15) is 6.10 Å². The summed E-state index contributed by atoms with van der Waals surface area (Å²) in [4.78, 5) is 8.32. The molecule has 2 N–H and O–H groups in total. The Morgan fingerprint density at radius 3 is 2.46 bits per heavy atom. The molecular weight excluding hydrogens is 345 g/mol. The smallest absolute Gasteiger partial charge is 0.166 e. The van der Waals surface area contributed by atoms with Crippen molar-refractivity contribution in [2.45, 2.75) is 13.0 Å². The molecule has 0 radical (unpaired) electrons. The molecule has 122 valence electrons. The SMILES string of the molecule is CC(Oc1cc(-c2cccnc2)cnc1N)c1c(Cl)cccc1Cl. The monoisotopic (exact) mass is 359 g/mol. The standard InChI is InChI=1S/C18H15Cl2N3O/c1-11(17-14(19)5-2-6-15(17)20)24-16-8-13(10-23-18(16)21)12-4-3-7-22-9-12/h2-11H,1H3,(H2,21,23).